The van der Waals surface area contributed by atoms with Gasteiger partial charge in [0.15, 0.2) is 0 Å². The molecule has 1 aromatic heterocycles. The lowest BCUT2D eigenvalue weighted by molar-refractivity contribution is -0.144. The van der Waals surface area contributed by atoms with Crippen LogP contribution < -0.4 is 14.4 Å². The summed E-state index contributed by atoms with van der Waals surface area (Å²) < 4.78 is 13.3. The highest BCUT2D eigenvalue weighted by atomic mass is 16.5. The molecule has 0 spiro atoms. The summed E-state index contributed by atoms with van der Waals surface area (Å²) in [5.74, 6) is 2.59. The van der Waals surface area contributed by atoms with Crippen LogP contribution in [0.5, 0.6) is 11.5 Å². The van der Waals surface area contributed by atoms with E-state index in [4.69, 9.17) is 9.47 Å². The van der Waals surface area contributed by atoms with E-state index in [1.165, 1.54) is 0 Å². The van der Waals surface area contributed by atoms with Crippen molar-refractivity contribution in [3.8, 4) is 11.5 Å². The third-order valence-electron chi connectivity index (χ3n) is 8.33. The van der Waals surface area contributed by atoms with Gasteiger partial charge in [-0.25, -0.2) is 0 Å². The number of nitrogens with zero attached hydrogens (tertiary/aromatic N) is 6. The van der Waals surface area contributed by atoms with Gasteiger partial charge in [-0.15, -0.1) is 5.10 Å². The number of hydrogen-bond donors (Lipinski definition) is 0. The largest absolute Gasteiger partial charge is 0.495 e. The third kappa shape index (κ3) is 5.20. The first kappa shape index (κ1) is 24.7. The van der Waals surface area contributed by atoms with Gasteiger partial charge in [0.1, 0.15) is 23.8 Å². The highest BCUT2D eigenvalue weighted by molar-refractivity contribution is 5.80. The molecule has 1 unspecified atom stereocenters. The second-order valence-electron chi connectivity index (χ2n) is 10.6. The third-order valence-corrected chi connectivity index (χ3v) is 8.33. The Morgan fingerprint density at radius 2 is 1.79 bits per heavy atom. The molecule has 0 radical (unpaired) electrons. The number of benzene rings is 2. The Labute approximate surface area is 223 Å². The van der Waals surface area contributed by atoms with Crippen LogP contribution in [0.1, 0.15) is 18.5 Å². The van der Waals surface area contributed by atoms with Crippen LogP contribution in [-0.2, 0) is 17.9 Å². The number of carbonyl (C=O) groups excluding carboxylic acids is 1. The van der Waals surface area contributed by atoms with Gasteiger partial charge in [-0.05, 0) is 49.6 Å². The molecule has 0 N–H and O–H groups in total. The fourth-order valence-electron chi connectivity index (χ4n) is 6.28. The predicted molar refractivity (Wildman–Crippen MR) is 144 cm³/mol. The maximum atomic E-state index is 13.6. The van der Waals surface area contributed by atoms with Crippen LogP contribution in [0.2, 0.25) is 0 Å². The summed E-state index contributed by atoms with van der Waals surface area (Å²) in [4.78, 5) is 20.5. The van der Waals surface area contributed by atoms with Crippen molar-refractivity contribution in [2.75, 3.05) is 51.3 Å². The number of carbonyl (C=O) groups is 1. The van der Waals surface area contributed by atoms with Crippen molar-refractivity contribution in [1.29, 1.82) is 0 Å². The normalized spacial score (nSPS) is 24.9. The minimum absolute atomic E-state index is 0.100. The topological polar surface area (TPSA) is 76.0 Å². The first-order chi connectivity index (χ1) is 18.7. The van der Waals surface area contributed by atoms with Gasteiger partial charge < -0.3 is 19.3 Å². The Morgan fingerprint density at radius 3 is 2.55 bits per heavy atom. The molecule has 4 aliphatic rings. The van der Waals surface area contributed by atoms with Gasteiger partial charge in [0.2, 0.25) is 5.91 Å². The van der Waals surface area contributed by atoms with E-state index in [0.717, 1.165) is 81.5 Å². The Hall–Kier alpha value is -3.59. The molecule has 4 atom stereocenters. The number of anilines is 1. The lowest BCUT2D eigenvalue weighted by atomic mass is 9.75. The summed E-state index contributed by atoms with van der Waals surface area (Å²) in [6.07, 6.45) is 4.12. The van der Waals surface area contributed by atoms with Crippen LogP contribution in [0.25, 0.3) is 0 Å². The predicted octanol–water partition coefficient (Wildman–Crippen LogP) is 2.92. The number of aromatic nitrogens is 3. The molecule has 38 heavy (non-hydrogen) atoms. The van der Waals surface area contributed by atoms with Gasteiger partial charge in [0.25, 0.3) is 0 Å². The second-order valence-corrected chi connectivity index (χ2v) is 10.6. The van der Waals surface area contributed by atoms with E-state index in [2.05, 4.69) is 31.1 Å². The van der Waals surface area contributed by atoms with Crippen molar-refractivity contribution in [3.05, 3.63) is 66.5 Å². The van der Waals surface area contributed by atoms with E-state index in [-0.39, 0.29) is 5.92 Å². The van der Waals surface area contributed by atoms with E-state index in [9.17, 15) is 4.79 Å². The molecule has 0 aliphatic carbocycles. The van der Waals surface area contributed by atoms with E-state index in [1.807, 2.05) is 59.4 Å². The van der Waals surface area contributed by atoms with Crippen molar-refractivity contribution in [2.45, 2.75) is 32.0 Å². The molecule has 4 aliphatic heterocycles. The number of para-hydroxylation sites is 3. The van der Waals surface area contributed by atoms with Crippen molar-refractivity contribution >= 4 is 11.6 Å². The first-order valence-electron chi connectivity index (χ1n) is 13.7. The van der Waals surface area contributed by atoms with Crippen LogP contribution in [0.4, 0.5) is 5.69 Å². The summed E-state index contributed by atoms with van der Waals surface area (Å²) in [5, 5.41) is 8.65. The van der Waals surface area contributed by atoms with Crippen molar-refractivity contribution in [1.82, 2.24) is 24.8 Å². The summed E-state index contributed by atoms with van der Waals surface area (Å²) in [7, 11) is 1.71. The van der Waals surface area contributed by atoms with E-state index >= 15 is 0 Å². The molecule has 9 nitrogen and oxygen atoms in total. The zero-order chi connectivity index (χ0) is 25.9. The lowest BCUT2D eigenvalue weighted by Gasteiger charge is -2.50. The number of piperazine rings is 1. The molecule has 3 aromatic rings. The number of amides is 1. The molecule has 2 bridgehead atoms. The van der Waals surface area contributed by atoms with Crippen LogP contribution in [0.15, 0.2) is 60.8 Å². The first-order valence-corrected chi connectivity index (χ1v) is 13.7. The number of fused-ring (bicyclic) bond motifs is 3. The average molecular weight is 517 g/mol. The zero-order valence-electron chi connectivity index (χ0n) is 22.0. The number of piperidine rings is 3. The number of methoxy groups -OCH3 is 1. The molecule has 7 rings (SSSR count). The molecule has 4 fully saturated rings. The smallest absolute Gasteiger partial charge is 0.227 e. The summed E-state index contributed by atoms with van der Waals surface area (Å²) in [5.41, 5.74) is 1.93. The van der Waals surface area contributed by atoms with Crippen LogP contribution >= 0.6 is 0 Å². The van der Waals surface area contributed by atoms with Gasteiger partial charge in [-0.2, -0.15) is 0 Å². The van der Waals surface area contributed by atoms with E-state index < -0.39 is 0 Å². The Morgan fingerprint density at radius 1 is 1.00 bits per heavy atom. The summed E-state index contributed by atoms with van der Waals surface area (Å²) in [6, 6.07) is 18.3. The van der Waals surface area contributed by atoms with Gasteiger partial charge in [-0.1, -0.05) is 35.5 Å². The fraction of sp³-hybridized carbons (Fsp3) is 0.483. The monoisotopic (exact) mass is 516 g/mol. The van der Waals surface area contributed by atoms with E-state index in [0.29, 0.717) is 24.5 Å². The molecule has 4 saturated heterocycles. The number of hydrogen-bond acceptors (Lipinski definition) is 7. The molecular formula is C29H36N6O3. The average Bonchev–Trinajstić information content (AvgIpc) is 3.44. The minimum Gasteiger partial charge on any atom is -0.495 e. The van der Waals surface area contributed by atoms with Gasteiger partial charge in [0, 0.05) is 38.8 Å². The fourth-order valence-corrected chi connectivity index (χ4v) is 6.28. The molecule has 2 aromatic carbocycles. The maximum absolute atomic E-state index is 13.6. The highest BCUT2D eigenvalue weighted by Crippen LogP contribution is 2.38. The number of rotatable bonds is 8. The Bertz CT molecular complexity index is 1230. The van der Waals surface area contributed by atoms with Crippen molar-refractivity contribution < 1.29 is 14.3 Å². The Balaban J connectivity index is 1.01. The minimum atomic E-state index is 0.100. The molecule has 200 valence electrons. The van der Waals surface area contributed by atoms with E-state index in [1.54, 1.807) is 7.11 Å². The standard InChI is InChI=1S/C29H36N6O3/c1-37-28-10-6-5-9-27(28)32-13-15-33(16-14-32)29(36)26-20-34-12-11-22(26)17-24(34)19-35-18-23(30-31-35)21-38-25-7-3-2-4-8-25/h2-10,18,22,24,26H,11-17,19-21H2,1H3/t22-,24-,26+/m1/s1. The van der Waals surface area contributed by atoms with Crippen molar-refractivity contribution in [2.24, 2.45) is 11.8 Å². The van der Waals surface area contributed by atoms with Crippen LogP contribution in [-0.4, -0.2) is 83.1 Å². The summed E-state index contributed by atoms with van der Waals surface area (Å²) >= 11 is 0. The van der Waals surface area contributed by atoms with Crippen molar-refractivity contribution in [3.63, 3.8) is 0 Å². The van der Waals surface area contributed by atoms with Gasteiger partial charge in [-0.3, -0.25) is 14.4 Å². The van der Waals surface area contributed by atoms with Crippen LogP contribution in [0.3, 0.4) is 0 Å². The zero-order valence-corrected chi connectivity index (χ0v) is 22.0. The highest BCUT2D eigenvalue weighted by Gasteiger charge is 2.44. The molecule has 0 saturated carbocycles. The Kier molecular flexibility index (Phi) is 7.18. The molecule has 1 amide bonds. The lowest BCUT2D eigenvalue weighted by Crippen LogP contribution is -2.60. The quantitative estimate of drug-likeness (QED) is 0.456. The van der Waals surface area contributed by atoms with Gasteiger partial charge in [0.05, 0.1) is 31.5 Å². The number of ether oxygens (including phenoxy) is 2. The second kappa shape index (κ2) is 11.0. The molecule has 9 heteroatoms. The van der Waals surface area contributed by atoms with Gasteiger partial charge >= 0.3 is 0 Å². The molecule has 5 heterocycles. The maximum Gasteiger partial charge on any atom is 0.227 e. The molecular weight excluding hydrogens is 480 g/mol. The SMILES string of the molecule is COc1ccccc1N1CCN(C(=O)[C@H]2CN3CC[C@@H]2C[C@@H]3Cn2cc(COc3ccccc3)nn2)CC1. The van der Waals surface area contributed by atoms with Crippen LogP contribution in [0, 0.1) is 11.8 Å². The summed E-state index contributed by atoms with van der Waals surface area (Å²) in [6.45, 7) is 6.29.